The van der Waals surface area contributed by atoms with E-state index in [1.165, 1.54) is 15.6 Å². The van der Waals surface area contributed by atoms with Crippen LogP contribution in [-0.2, 0) is 0 Å². The van der Waals surface area contributed by atoms with E-state index in [1.54, 1.807) is 11.3 Å². The average Bonchev–Trinajstić information content (AvgIpc) is 2.48. The fourth-order valence-electron chi connectivity index (χ4n) is 0.633. The fourth-order valence-corrected chi connectivity index (χ4v) is 1.45. The smallest absolute Gasteiger partial charge is 0.0899 e. The molecule has 0 aliphatic heterocycles. The van der Waals surface area contributed by atoms with Gasteiger partial charge >= 0.3 is 0 Å². The van der Waals surface area contributed by atoms with Crippen LogP contribution in [-0.4, -0.2) is 4.98 Å². The molecule has 1 aromatic rings. The molecule has 0 bridgehead atoms. The van der Waals surface area contributed by atoms with Gasteiger partial charge in [0.1, 0.15) is 0 Å². The molecular weight excluding hydrogens is 190 g/mol. The molecule has 0 unspecified atom stereocenters. The van der Waals surface area contributed by atoms with Crippen LogP contribution in [0.4, 0.5) is 0 Å². The number of allylic oxidation sites excluding steroid dienone is 2. The molecule has 0 fully saturated rings. The predicted octanol–water partition coefficient (Wildman–Crippen LogP) is 4.68. The van der Waals surface area contributed by atoms with Crippen LogP contribution in [0.1, 0.15) is 43.3 Å². The van der Waals surface area contributed by atoms with Gasteiger partial charge in [0.15, 0.2) is 0 Å². The summed E-state index contributed by atoms with van der Waals surface area (Å²) < 4.78 is 0. The topological polar surface area (TPSA) is 12.9 Å². The van der Waals surface area contributed by atoms with E-state index in [-0.39, 0.29) is 0 Å². The molecule has 0 spiro atoms. The van der Waals surface area contributed by atoms with Crippen molar-refractivity contribution in [1.29, 1.82) is 0 Å². The van der Waals surface area contributed by atoms with Crippen LogP contribution in [0.2, 0.25) is 0 Å². The lowest BCUT2D eigenvalue weighted by Gasteiger charge is -1.77. The summed E-state index contributed by atoms with van der Waals surface area (Å²) in [6.45, 7) is 14.2. The van der Waals surface area contributed by atoms with E-state index in [9.17, 15) is 0 Å². The predicted molar refractivity (Wildman–Crippen MR) is 68.2 cm³/mol. The second-order valence-electron chi connectivity index (χ2n) is 2.54. The molecule has 0 atom stereocenters. The summed E-state index contributed by atoms with van der Waals surface area (Å²) in [5, 5.41) is 1.17. The quantitative estimate of drug-likeness (QED) is 0.570. The van der Waals surface area contributed by atoms with E-state index >= 15 is 0 Å². The summed E-state index contributed by atoms with van der Waals surface area (Å²) in [6.07, 6.45) is 4.00. The van der Waals surface area contributed by atoms with Gasteiger partial charge in [-0.2, -0.15) is 0 Å². The van der Waals surface area contributed by atoms with Crippen molar-refractivity contribution in [3.05, 3.63) is 27.7 Å². The molecule has 0 amide bonds. The van der Waals surface area contributed by atoms with Crippen LogP contribution in [0.5, 0.6) is 0 Å². The molecule has 0 aliphatic rings. The Balaban J connectivity index is 0. The van der Waals surface area contributed by atoms with Crippen molar-refractivity contribution in [2.75, 3.05) is 0 Å². The van der Waals surface area contributed by atoms with E-state index in [2.05, 4.69) is 11.9 Å². The summed E-state index contributed by atoms with van der Waals surface area (Å²) in [7, 11) is 0. The third kappa shape index (κ3) is 7.99. The van der Waals surface area contributed by atoms with E-state index in [0.717, 1.165) is 0 Å². The Morgan fingerprint density at radius 3 is 1.50 bits per heavy atom. The standard InChI is InChI=1S/C6H9NS.C4H8.C2H6/c1-4-5(2)8-6(3)7-4;1-3-4-2;1-2/h1-3H3;3-4H,1-2H3;1-2H3/b;4-3+;. The van der Waals surface area contributed by atoms with Crippen LogP contribution in [0.25, 0.3) is 0 Å². The van der Waals surface area contributed by atoms with Gasteiger partial charge in [-0.15, -0.1) is 11.3 Å². The highest BCUT2D eigenvalue weighted by molar-refractivity contribution is 7.11. The van der Waals surface area contributed by atoms with Crippen molar-refractivity contribution in [2.45, 2.75) is 48.5 Å². The van der Waals surface area contributed by atoms with Gasteiger partial charge in [-0.3, -0.25) is 0 Å². The molecule has 0 saturated carbocycles. The maximum Gasteiger partial charge on any atom is 0.0899 e. The Labute approximate surface area is 92.9 Å². The zero-order chi connectivity index (χ0) is 11.6. The fraction of sp³-hybridized carbons (Fsp3) is 0.583. The SMILES string of the molecule is C/C=C/C.CC.Cc1nc(C)c(C)s1. The van der Waals surface area contributed by atoms with Gasteiger partial charge < -0.3 is 0 Å². The summed E-state index contributed by atoms with van der Waals surface area (Å²) in [5.41, 5.74) is 1.17. The summed E-state index contributed by atoms with van der Waals surface area (Å²) in [5.74, 6) is 0. The first-order valence-corrected chi connectivity index (χ1v) is 5.91. The minimum Gasteiger partial charge on any atom is -0.247 e. The van der Waals surface area contributed by atoms with Crippen molar-refractivity contribution in [1.82, 2.24) is 4.98 Å². The van der Waals surface area contributed by atoms with Crippen molar-refractivity contribution < 1.29 is 0 Å². The molecule has 0 aromatic carbocycles. The van der Waals surface area contributed by atoms with Crippen LogP contribution in [0.3, 0.4) is 0 Å². The first-order valence-electron chi connectivity index (χ1n) is 5.09. The number of thiazole rings is 1. The minimum atomic E-state index is 1.17. The van der Waals surface area contributed by atoms with Gasteiger partial charge in [0, 0.05) is 4.88 Å². The summed E-state index contributed by atoms with van der Waals surface area (Å²) in [4.78, 5) is 5.56. The lowest BCUT2D eigenvalue weighted by Crippen LogP contribution is -1.71. The van der Waals surface area contributed by atoms with E-state index in [1.807, 2.05) is 53.7 Å². The van der Waals surface area contributed by atoms with Crippen molar-refractivity contribution in [2.24, 2.45) is 0 Å². The minimum absolute atomic E-state index is 1.17. The normalized spacial score (nSPS) is 8.79. The highest BCUT2D eigenvalue weighted by atomic mass is 32.1. The summed E-state index contributed by atoms with van der Waals surface area (Å²) >= 11 is 1.76. The van der Waals surface area contributed by atoms with Crippen LogP contribution >= 0.6 is 11.3 Å². The molecule has 14 heavy (non-hydrogen) atoms. The Bertz CT molecular complexity index is 225. The van der Waals surface area contributed by atoms with Crippen molar-refractivity contribution in [3.8, 4) is 0 Å². The highest BCUT2D eigenvalue weighted by Gasteiger charge is 1.95. The zero-order valence-electron chi connectivity index (χ0n) is 10.5. The molecular formula is C12H23NS. The summed E-state index contributed by atoms with van der Waals surface area (Å²) in [6, 6.07) is 0. The van der Waals surface area contributed by atoms with Gasteiger partial charge in [0.05, 0.1) is 10.7 Å². The second-order valence-corrected chi connectivity index (χ2v) is 3.95. The number of hydrogen-bond acceptors (Lipinski definition) is 2. The molecule has 1 rings (SSSR count). The molecule has 1 aromatic heterocycles. The van der Waals surface area contributed by atoms with E-state index in [4.69, 9.17) is 0 Å². The van der Waals surface area contributed by atoms with Gasteiger partial charge in [-0.25, -0.2) is 4.98 Å². The largest absolute Gasteiger partial charge is 0.247 e. The number of aryl methyl sites for hydroxylation is 3. The molecule has 0 radical (unpaired) electrons. The first kappa shape index (κ1) is 15.8. The third-order valence-corrected chi connectivity index (χ3v) is 2.46. The number of rotatable bonds is 0. The van der Waals surface area contributed by atoms with Gasteiger partial charge in [-0.1, -0.05) is 26.0 Å². The zero-order valence-corrected chi connectivity index (χ0v) is 11.3. The Morgan fingerprint density at radius 1 is 1.00 bits per heavy atom. The van der Waals surface area contributed by atoms with E-state index in [0.29, 0.717) is 0 Å². The van der Waals surface area contributed by atoms with Gasteiger partial charge in [0.25, 0.3) is 0 Å². The number of nitrogens with zero attached hydrogens (tertiary/aromatic N) is 1. The molecule has 82 valence electrons. The Hall–Kier alpha value is -0.630. The molecule has 0 N–H and O–H groups in total. The van der Waals surface area contributed by atoms with E-state index < -0.39 is 0 Å². The van der Waals surface area contributed by atoms with Gasteiger partial charge in [-0.05, 0) is 34.6 Å². The van der Waals surface area contributed by atoms with Crippen LogP contribution in [0.15, 0.2) is 12.2 Å². The second kappa shape index (κ2) is 10.5. The highest BCUT2D eigenvalue weighted by Crippen LogP contribution is 2.14. The monoisotopic (exact) mass is 213 g/mol. The van der Waals surface area contributed by atoms with Crippen molar-refractivity contribution >= 4 is 11.3 Å². The maximum absolute atomic E-state index is 4.23. The molecule has 2 heteroatoms. The number of hydrogen-bond donors (Lipinski definition) is 0. The average molecular weight is 213 g/mol. The molecule has 0 aliphatic carbocycles. The third-order valence-electron chi connectivity index (χ3n) is 1.47. The maximum atomic E-state index is 4.23. The van der Waals surface area contributed by atoms with Gasteiger partial charge in [0.2, 0.25) is 0 Å². The lowest BCUT2D eigenvalue weighted by atomic mass is 10.4. The Kier molecular flexibility index (Phi) is 11.8. The van der Waals surface area contributed by atoms with Crippen molar-refractivity contribution in [3.63, 3.8) is 0 Å². The molecule has 1 heterocycles. The molecule has 1 nitrogen and oxygen atoms in total. The first-order chi connectivity index (χ1) is 6.61. The Morgan fingerprint density at radius 2 is 1.43 bits per heavy atom. The van der Waals surface area contributed by atoms with Crippen LogP contribution < -0.4 is 0 Å². The number of aromatic nitrogens is 1. The molecule has 0 saturated heterocycles. The lowest BCUT2D eigenvalue weighted by molar-refractivity contribution is 1.18. The van der Waals surface area contributed by atoms with Crippen LogP contribution in [0, 0.1) is 20.8 Å².